The Morgan fingerprint density at radius 3 is 2.04 bits per heavy atom. The van der Waals surface area contributed by atoms with Gasteiger partial charge in [-0.2, -0.15) is 0 Å². The second-order valence-corrected chi connectivity index (χ2v) is 6.89. The molecule has 0 heterocycles. The van der Waals surface area contributed by atoms with Crippen LogP contribution in [-0.4, -0.2) is 0 Å². The fourth-order valence-corrected chi connectivity index (χ4v) is 3.13. The third kappa shape index (κ3) is 11.2. The molecule has 0 aliphatic rings. The molecule has 0 saturated carbocycles. The van der Waals surface area contributed by atoms with Gasteiger partial charge in [0.25, 0.3) is 0 Å². The van der Waals surface area contributed by atoms with Crippen LogP contribution in [0.3, 0.4) is 0 Å². The molecule has 130 valence electrons. The van der Waals surface area contributed by atoms with E-state index in [4.69, 9.17) is 0 Å². The van der Waals surface area contributed by atoms with E-state index in [1.165, 1.54) is 82.6 Å². The molecule has 23 heavy (non-hydrogen) atoms. The quantitative estimate of drug-likeness (QED) is 0.242. The third-order valence-electron chi connectivity index (χ3n) is 4.62. The Labute approximate surface area is 145 Å². The normalized spacial score (nSPS) is 11.8. The predicted octanol–water partition coefficient (Wildman–Crippen LogP) is 7.88. The second kappa shape index (κ2) is 14.5. The minimum Gasteiger partial charge on any atom is -0.0850 e. The van der Waals surface area contributed by atoms with E-state index in [0.29, 0.717) is 0 Å². The van der Waals surface area contributed by atoms with Crippen molar-refractivity contribution in [2.75, 3.05) is 0 Å². The van der Waals surface area contributed by atoms with Crippen LogP contribution in [-0.2, 0) is 6.42 Å². The van der Waals surface area contributed by atoms with Crippen LogP contribution in [0.5, 0.6) is 0 Å². The summed E-state index contributed by atoms with van der Waals surface area (Å²) in [6.45, 7) is 4.58. The number of rotatable bonds is 14. The third-order valence-corrected chi connectivity index (χ3v) is 4.62. The SMILES string of the molecule is CCCCCCCC/C=C(/CCCCCC)Cc1ccccc1. The van der Waals surface area contributed by atoms with Gasteiger partial charge in [0, 0.05) is 0 Å². The van der Waals surface area contributed by atoms with Crippen molar-refractivity contribution in [2.24, 2.45) is 0 Å². The predicted molar refractivity (Wildman–Crippen MR) is 105 cm³/mol. The molecule has 1 rings (SSSR count). The molecule has 0 fully saturated rings. The van der Waals surface area contributed by atoms with E-state index in [-0.39, 0.29) is 0 Å². The standard InChI is InChI=1S/C23H38/c1-3-5-7-9-10-11-14-18-22(17-13-8-6-4-2)21-23-19-15-12-16-20-23/h12,15-16,18-20H,3-11,13-14,17,21H2,1-2H3/b22-18-. The first-order chi connectivity index (χ1) is 11.4. The first kappa shape index (κ1) is 20.0. The molecule has 0 nitrogen and oxygen atoms in total. The molecule has 0 spiro atoms. The highest BCUT2D eigenvalue weighted by Crippen LogP contribution is 2.18. The van der Waals surface area contributed by atoms with E-state index in [9.17, 15) is 0 Å². The highest BCUT2D eigenvalue weighted by atomic mass is 14.1. The van der Waals surface area contributed by atoms with Gasteiger partial charge in [0.05, 0.1) is 0 Å². The summed E-state index contributed by atoms with van der Waals surface area (Å²) in [5.41, 5.74) is 3.14. The lowest BCUT2D eigenvalue weighted by Crippen LogP contribution is -1.92. The highest BCUT2D eigenvalue weighted by molar-refractivity contribution is 5.21. The molecule has 0 unspecified atom stereocenters. The molecule has 1 aromatic carbocycles. The Hall–Kier alpha value is -1.04. The molecule has 0 bridgehead atoms. The first-order valence-electron chi connectivity index (χ1n) is 10.1. The fraction of sp³-hybridized carbons (Fsp3) is 0.652. The Bertz CT molecular complexity index is 388. The number of hydrogen-bond acceptors (Lipinski definition) is 0. The monoisotopic (exact) mass is 314 g/mol. The van der Waals surface area contributed by atoms with Crippen molar-refractivity contribution >= 4 is 0 Å². The zero-order chi connectivity index (χ0) is 16.6. The molecule has 0 aromatic heterocycles. The summed E-state index contributed by atoms with van der Waals surface area (Å²) < 4.78 is 0. The van der Waals surface area contributed by atoms with Crippen LogP contribution < -0.4 is 0 Å². The van der Waals surface area contributed by atoms with E-state index in [0.717, 1.165) is 6.42 Å². The molecule has 0 saturated heterocycles. The second-order valence-electron chi connectivity index (χ2n) is 6.89. The summed E-state index contributed by atoms with van der Waals surface area (Å²) in [7, 11) is 0. The van der Waals surface area contributed by atoms with Crippen LogP contribution in [0.15, 0.2) is 42.0 Å². The largest absolute Gasteiger partial charge is 0.0850 e. The Morgan fingerprint density at radius 1 is 0.739 bits per heavy atom. The molecule has 0 atom stereocenters. The van der Waals surface area contributed by atoms with Crippen LogP contribution in [0.1, 0.15) is 96.5 Å². The average molecular weight is 315 g/mol. The number of hydrogen-bond donors (Lipinski definition) is 0. The molecular formula is C23H38. The van der Waals surface area contributed by atoms with Gasteiger partial charge in [-0.3, -0.25) is 0 Å². The maximum Gasteiger partial charge on any atom is -0.00671 e. The van der Waals surface area contributed by atoms with Gasteiger partial charge in [-0.15, -0.1) is 0 Å². The van der Waals surface area contributed by atoms with Gasteiger partial charge >= 0.3 is 0 Å². The molecule has 0 aliphatic carbocycles. The zero-order valence-corrected chi connectivity index (χ0v) is 15.7. The van der Waals surface area contributed by atoms with E-state index < -0.39 is 0 Å². The van der Waals surface area contributed by atoms with Crippen molar-refractivity contribution in [1.29, 1.82) is 0 Å². The van der Waals surface area contributed by atoms with Gasteiger partial charge in [-0.05, 0) is 37.7 Å². The van der Waals surface area contributed by atoms with Gasteiger partial charge in [-0.1, -0.05) is 107 Å². The summed E-state index contributed by atoms with van der Waals surface area (Å²) in [6.07, 6.45) is 20.1. The Balaban J connectivity index is 2.35. The van der Waals surface area contributed by atoms with Crippen molar-refractivity contribution in [2.45, 2.75) is 97.3 Å². The van der Waals surface area contributed by atoms with Crippen LogP contribution in [0.25, 0.3) is 0 Å². The maximum absolute atomic E-state index is 2.55. The van der Waals surface area contributed by atoms with Crippen LogP contribution in [0, 0.1) is 0 Å². The van der Waals surface area contributed by atoms with Crippen molar-refractivity contribution in [3.63, 3.8) is 0 Å². The van der Waals surface area contributed by atoms with Crippen molar-refractivity contribution < 1.29 is 0 Å². The molecule has 0 radical (unpaired) electrons. The molecule has 0 amide bonds. The summed E-state index contributed by atoms with van der Waals surface area (Å²) in [4.78, 5) is 0. The van der Waals surface area contributed by atoms with Gasteiger partial charge in [0.1, 0.15) is 0 Å². The van der Waals surface area contributed by atoms with Crippen molar-refractivity contribution in [3.8, 4) is 0 Å². The topological polar surface area (TPSA) is 0 Å². The average Bonchev–Trinajstić information content (AvgIpc) is 2.58. The molecule has 0 N–H and O–H groups in total. The van der Waals surface area contributed by atoms with Gasteiger partial charge in [-0.25, -0.2) is 0 Å². The van der Waals surface area contributed by atoms with E-state index >= 15 is 0 Å². The van der Waals surface area contributed by atoms with Gasteiger partial charge in [0.15, 0.2) is 0 Å². The molecule has 0 heteroatoms. The first-order valence-corrected chi connectivity index (χ1v) is 10.1. The van der Waals surface area contributed by atoms with Gasteiger partial charge < -0.3 is 0 Å². The van der Waals surface area contributed by atoms with Crippen molar-refractivity contribution in [1.82, 2.24) is 0 Å². The maximum atomic E-state index is 2.55. The lowest BCUT2D eigenvalue weighted by molar-refractivity contribution is 0.609. The van der Waals surface area contributed by atoms with E-state index in [1.807, 2.05) is 0 Å². The fourth-order valence-electron chi connectivity index (χ4n) is 3.13. The van der Waals surface area contributed by atoms with Crippen molar-refractivity contribution in [3.05, 3.63) is 47.5 Å². The van der Waals surface area contributed by atoms with E-state index in [2.05, 4.69) is 50.3 Å². The summed E-state index contributed by atoms with van der Waals surface area (Å²) >= 11 is 0. The lowest BCUT2D eigenvalue weighted by Gasteiger charge is -2.09. The summed E-state index contributed by atoms with van der Waals surface area (Å²) in [5, 5.41) is 0. The Morgan fingerprint density at radius 2 is 1.35 bits per heavy atom. The minimum absolute atomic E-state index is 1.16. The number of allylic oxidation sites excluding steroid dienone is 2. The van der Waals surface area contributed by atoms with Crippen LogP contribution >= 0.6 is 0 Å². The lowest BCUT2D eigenvalue weighted by atomic mass is 9.97. The van der Waals surface area contributed by atoms with Crippen LogP contribution in [0.2, 0.25) is 0 Å². The number of benzene rings is 1. The zero-order valence-electron chi connectivity index (χ0n) is 15.7. The highest BCUT2D eigenvalue weighted by Gasteiger charge is 2.00. The summed E-state index contributed by atoms with van der Waals surface area (Å²) in [5.74, 6) is 0. The Kier molecular flexibility index (Phi) is 12.7. The van der Waals surface area contributed by atoms with Gasteiger partial charge in [0.2, 0.25) is 0 Å². The minimum atomic E-state index is 1.16. The molecule has 0 aliphatic heterocycles. The molecular weight excluding hydrogens is 276 g/mol. The summed E-state index contributed by atoms with van der Waals surface area (Å²) in [6, 6.07) is 11.0. The van der Waals surface area contributed by atoms with E-state index in [1.54, 1.807) is 5.57 Å². The molecule has 1 aromatic rings. The number of unbranched alkanes of at least 4 members (excludes halogenated alkanes) is 9. The smallest absolute Gasteiger partial charge is 0.00671 e. The van der Waals surface area contributed by atoms with Crippen LogP contribution in [0.4, 0.5) is 0 Å².